The molecule has 0 amide bonds. The van der Waals surface area contributed by atoms with Crippen molar-refractivity contribution in [3.8, 4) is 0 Å². The van der Waals surface area contributed by atoms with Crippen LogP contribution >= 0.6 is 22.9 Å². The van der Waals surface area contributed by atoms with Crippen molar-refractivity contribution in [1.29, 1.82) is 0 Å². The van der Waals surface area contributed by atoms with E-state index in [0.29, 0.717) is 15.8 Å². The van der Waals surface area contributed by atoms with Crippen molar-refractivity contribution in [3.05, 3.63) is 65.5 Å². The number of H-pyrrole nitrogens is 1. The Balaban J connectivity index is 2.21. The van der Waals surface area contributed by atoms with E-state index in [1.165, 1.54) is 35.6 Å². The number of nitro benzene ring substituents is 1. The number of carbonyl (C=O) groups is 1. The number of carbonyl (C=O) groups excluding carboxylic acids is 1. The number of rotatable bonds is 5. The molecule has 10 heteroatoms. The van der Waals surface area contributed by atoms with Crippen molar-refractivity contribution < 1.29 is 14.5 Å². The van der Waals surface area contributed by atoms with Crippen LogP contribution in [0.2, 0.25) is 5.02 Å². The highest BCUT2D eigenvalue weighted by molar-refractivity contribution is 7.18. The quantitative estimate of drug-likeness (QED) is 0.278. The van der Waals surface area contributed by atoms with Crippen LogP contribution in [0.5, 0.6) is 0 Å². The van der Waals surface area contributed by atoms with Gasteiger partial charge in [-0.3, -0.25) is 14.9 Å². The Kier molecular flexibility index (Phi) is 5.81. The summed E-state index contributed by atoms with van der Waals surface area (Å²) in [6, 6.07) is 4.11. The Bertz CT molecular complexity index is 1230. The molecular weight excluding hydrogens is 418 g/mol. The van der Waals surface area contributed by atoms with Gasteiger partial charge in [0.05, 0.1) is 16.9 Å². The molecule has 0 aliphatic rings. The van der Waals surface area contributed by atoms with Gasteiger partial charge in [-0.1, -0.05) is 17.7 Å². The van der Waals surface area contributed by atoms with Crippen molar-refractivity contribution in [2.45, 2.75) is 20.8 Å². The van der Waals surface area contributed by atoms with Gasteiger partial charge in [-0.05, 0) is 44.0 Å². The van der Waals surface area contributed by atoms with Crippen LogP contribution < -0.4 is 5.56 Å². The predicted octanol–water partition coefficient (Wildman–Crippen LogP) is 4.27. The molecule has 0 radical (unpaired) electrons. The zero-order valence-electron chi connectivity index (χ0n) is 15.7. The van der Waals surface area contributed by atoms with Gasteiger partial charge in [0.1, 0.15) is 21.3 Å². The van der Waals surface area contributed by atoms with Gasteiger partial charge >= 0.3 is 5.97 Å². The number of aryl methyl sites for hydroxylation is 2. The van der Waals surface area contributed by atoms with Crippen LogP contribution in [-0.4, -0.2) is 27.5 Å². The number of benzene rings is 1. The van der Waals surface area contributed by atoms with Gasteiger partial charge in [0.2, 0.25) is 0 Å². The summed E-state index contributed by atoms with van der Waals surface area (Å²) in [6.45, 7) is 5.48. The Morgan fingerprint density at radius 2 is 2.14 bits per heavy atom. The molecule has 0 unspecified atom stereocenters. The smallest absolute Gasteiger partial charge is 0.341 e. The van der Waals surface area contributed by atoms with Crippen LogP contribution in [0.1, 0.15) is 28.8 Å². The number of ether oxygens (including phenoxy) is 1. The number of esters is 1. The van der Waals surface area contributed by atoms with Crippen molar-refractivity contribution in [1.82, 2.24) is 9.97 Å². The van der Waals surface area contributed by atoms with E-state index in [4.69, 9.17) is 16.3 Å². The monoisotopic (exact) mass is 433 g/mol. The van der Waals surface area contributed by atoms with Gasteiger partial charge in [0, 0.05) is 10.9 Å². The average molecular weight is 434 g/mol. The lowest BCUT2D eigenvalue weighted by atomic mass is 10.1. The zero-order valence-corrected chi connectivity index (χ0v) is 17.3. The molecule has 0 aliphatic heterocycles. The summed E-state index contributed by atoms with van der Waals surface area (Å²) >= 11 is 7.19. The summed E-state index contributed by atoms with van der Waals surface area (Å²) < 4.78 is 5.09. The van der Waals surface area contributed by atoms with Gasteiger partial charge in [-0.15, -0.1) is 11.3 Å². The molecule has 0 spiro atoms. The third-order valence-corrected chi connectivity index (χ3v) is 5.69. The third kappa shape index (κ3) is 4.06. The summed E-state index contributed by atoms with van der Waals surface area (Å²) in [5.74, 6) is -0.683. The number of nitro groups is 1. The lowest BCUT2D eigenvalue weighted by molar-refractivity contribution is -0.384. The third-order valence-electron chi connectivity index (χ3n) is 4.27. The first-order valence-electron chi connectivity index (χ1n) is 8.56. The van der Waals surface area contributed by atoms with Crippen LogP contribution in [0.25, 0.3) is 21.9 Å². The second-order valence-electron chi connectivity index (χ2n) is 6.12. The van der Waals surface area contributed by atoms with Gasteiger partial charge in [0.25, 0.3) is 11.2 Å². The molecule has 1 N–H and O–H groups in total. The van der Waals surface area contributed by atoms with Gasteiger partial charge in [-0.2, -0.15) is 0 Å². The summed E-state index contributed by atoms with van der Waals surface area (Å²) in [5, 5.41) is 11.6. The summed E-state index contributed by atoms with van der Waals surface area (Å²) in [5.41, 5.74) is 0.478. The number of nitrogens with zero attached hydrogens (tertiary/aromatic N) is 2. The number of aromatic amines is 1. The normalized spacial score (nSPS) is 11.7. The maximum absolute atomic E-state index is 12.6. The van der Waals surface area contributed by atoms with Crippen molar-refractivity contribution in [2.75, 3.05) is 6.61 Å². The topological polar surface area (TPSA) is 115 Å². The number of hydrogen-bond acceptors (Lipinski definition) is 7. The fourth-order valence-corrected chi connectivity index (χ4v) is 3.96. The molecule has 1 aromatic carbocycles. The Labute approximate surface area is 174 Å². The number of fused-ring (bicyclic) bond motifs is 1. The van der Waals surface area contributed by atoms with E-state index in [0.717, 1.165) is 10.4 Å². The SMILES string of the molecule is CCOC(=O)C(=Cc1ccc(Cl)c([N+](=O)[O-])c1)c1nc2sc(C)c(C)c2c(=O)[nH]1. The number of nitrogens with one attached hydrogen (secondary N) is 1. The average Bonchev–Trinajstić information content (AvgIpc) is 2.95. The molecule has 0 aliphatic carbocycles. The maximum Gasteiger partial charge on any atom is 0.341 e. The molecule has 3 rings (SSSR count). The van der Waals surface area contributed by atoms with Crippen LogP contribution in [-0.2, 0) is 9.53 Å². The summed E-state index contributed by atoms with van der Waals surface area (Å²) in [6.07, 6.45) is 1.37. The van der Waals surface area contributed by atoms with Gasteiger partial charge < -0.3 is 9.72 Å². The van der Waals surface area contributed by atoms with Gasteiger partial charge in [-0.25, -0.2) is 9.78 Å². The van der Waals surface area contributed by atoms with E-state index in [9.17, 15) is 19.7 Å². The maximum atomic E-state index is 12.6. The van der Waals surface area contributed by atoms with E-state index < -0.39 is 10.9 Å². The fourth-order valence-electron chi connectivity index (χ4n) is 2.74. The highest BCUT2D eigenvalue weighted by atomic mass is 35.5. The zero-order chi connectivity index (χ0) is 21.3. The minimum atomic E-state index is -0.711. The Hall–Kier alpha value is -3.04. The Morgan fingerprint density at radius 1 is 1.41 bits per heavy atom. The minimum absolute atomic E-state index is 0.0221. The molecule has 0 saturated heterocycles. The molecule has 2 aromatic heterocycles. The van der Waals surface area contributed by atoms with E-state index in [1.54, 1.807) is 6.92 Å². The van der Waals surface area contributed by atoms with Crippen molar-refractivity contribution in [2.24, 2.45) is 0 Å². The molecule has 2 heterocycles. The van der Waals surface area contributed by atoms with E-state index in [-0.39, 0.29) is 34.3 Å². The van der Waals surface area contributed by atoms with Gasteiger partial charge in [0.15, 0.2) is 0 Å². The van der Waals surface area contributed by atoms with Crippen LogP contribution in [0.15, 0.2) is 23.0 Å². The molecule has 0 saturated carbocycles. The highest BCUT2D eigenvalue weighted by Crippen LogP contribution is 2.29. The largest absolute Gasteiger partial charge is 0.462 e. The fraction of sp³-hybridized carbons (Fsp3) is 0.211. The van der Waals surface area contributed by atoms with Crippen molar-refractivity contribution >= 4 is 56.5 Å². The molecule has 0 bridgehead atoms. The number of thiophene rings is 1. The van der Waals surface area contributed by atoms with Crippen molar-refractivity contribution in [3.63, 3.8) is 0 Å². The molecule has 150 valence electrons. The molecule has 0 fully saturated rings. The highest BCUT2D eigenvalue weighted by Gasteiger charge is 2.20. The second kappa shape index (κ2) is 8.14. The first-order valence-corrected chi connectivity index (χ1v) is 9.75. The first kappa shape index (κ1) is 20.7. The molecule has 29 heavy (non-hydrogen) atoms. The summed E-state index contributed by atoms with van der Waals surface area (Å²) in [7, 11) is 0. The standard InChI is InChI=1S/C19H16ClN3O5S/c1-4-28-19(25)12(7-11-5-6-13(20)14(8-11)23(26)27)16-21-17(24)15-9(2)10(3)29-18(15)22-16/h5-8H,4H2,1-3H3,(H,21,22,24). The van der Waals surface area contributed by atoms with Crippen LogP contribution in [0.4, 0.5) is 5.69 Å². The lowest BCUT2D eigenvalue weighted by Crippen LogP contribution is -2.15. The molecule has 3 aromatic rings. The molecule has 0 atom stereocenters. The minimum Gasteiger partial charge on any atom is -0.462 e. The summed E-state index contributed by atoms with van der Waals surface area (Å²) in [4.78, 5) is 44.1. The number of halogens is 1. The Morgan fingerprint density at radius 3 is 2.79 bits per heavy atom. The van der Waals surface area contributed by atoms with E-state index in [1.807, 2.05) is 13.8 Å². The van der Waals surface area contributed by atoms with E-state index in [2.05, 4.69) is 9.97 Å². The number of hydrogen-bond donors (Lipinski definition) is 1. The van der Waals surface area contributed by atoms with Crippen LogP contribution in [0.3, 0.4) is 0 Å². The van der Waals surface area contributed by atoms with Crippen LogP contribution in [0, 0.1) is 24.0 Å². The van der Waals surface area contributed by atoms with E-state index >= 15 is 0 Å². The first-order chi connectivity index (χ1) is 13.7. The molecular formula is C19H16ClN3O5S. The molecule has 8 nitrogen and oxygen atoms in total. The second-order valence-corrected chi connectivity index (χ2v) is 7.73. The predicted molar refractivity (Wildman–Crippen MR) is 112 cm³/mol. The lowest BCUT2D eigenvalue weighted by Gasteiger charge is -2.07. The number of aromatic nitrogens is 2.